The molecule has 0 saturated carbocycles. The minimum absolute atomic E-state index is 0.573. The van der Waals surface area contributed by atoms with Crippen LogP contribution >= 0.6 is 0 Å². The number of benzene rings is 6. The van der Waals surface area contributed by atoms with Crippen molar-refractivity contribution in [2.45, 2.75) is 6.92 Å². The predicted molar refractivity (Wildman–Crippen MR) is 176 cm³/mol. The van der Waals surface area contributed by atoms with Gasteiger partial charge in [-0.15, -0.1) is 0 Å². The van der Waals surface area contributed by atoms with Gasteiger partial charge in [0.1, 0.15) is 11.3 Å². The molecule has 0 aliphatic carbocycles. The summed E-state index contributed by atoms with van der Waals surface area (Å²) in [4.78, 5) is 15.4. The molecule has 5 nitrogen and oxygen atoms in total. The van der Waals surface area contributed by atoms with Gasteiger partial charge in [-0.1, -0.05) is 103 Å². The van der Waals surface area contributed by atoms with Crippen molar-refractivity contribution in [2.75, 3.05) is 0 Å². The van der Waals surface area contributed by atoms with E-state index in [4.69, 9.17) is 25.1 Å². The van der Waals surface area contributed by atoms with E-state index in [1.54, 1.807) is 0 Å². The van der Waals surface area contributed by atoms with E-state index in [1.807, 2.05) is 61.5 Å². The maximum absolute atomic E-state index is 6.12. The largest absolute Gasteiger partial charge is 0.461 e. The molecule has 43 heavy (non-hydrogen) atoms. The Morgan fingerprint density at radius 3 is 2.09 bits per heavy atom. The second kappa shape index (κ2) is 9.93. The smallest absolute Gasteiger partial charge is 0.164 e. The first-order chi connectivity index (χ1) is 21.2. The zero-order valence-corrected chi connectivity index (χ0v) is 23.5. The Balaban J connectivity index is 1.51. The van der Waals surface area contributed by atoms with Gasteiger partial charge < -0.3 is 10.2 Å². The number of fused-ring (bicyclic) bond motifs is 6. The monoisotopic (exact) mass is 554 g/mol. The number of hydrogen-bond acceptors (Lipinski definition) is 5. The van der Waals surface area contributed by atoms with Gasteiger partial charge >= 0.3 is 0 Å². The Bertz CT molecular complexity index is 2370. The summed E-state index contributed by atoms with van der Waals surface area (Å²) in [6.45, 7) is 1.94. The molecule has 0 bridgehead atoms. The summed E-state index contributed by atoms with van der Waals surface area (Å²) >= 11 is 0. The summed E-state index contributed by atoms with van der Waals surface area (Å²) in [5.74, 6) is 2.58. The van der Waals surface area contributed by atoms with Crippen molar-refractivity contribution in [3.63, 3.8) is 0 Å². The van der Waals surface area contributed by atoms with Crippen molar-refractivity contribution < 1.29 is 4.42 Å². The maximum atomic E-state index is 6.12. The van der Waals surface area contributed by atoms with Crippen LogP contribution in [0.5, 0.6) is 0 Å². The molecule has 0 aliphatic heterocycles. The molecule has 0 fully saturated rings. The minimum atomic E-state index is 0.573. The van der Waals surface area contributed by atoms with E-state index in [2.05, 4.69) is 66.7 Å². The Morgan fingerprint density at radius 2 is 1.28 bits per heavy atom. The maximum Gasteiger partial charge on any atom is 0.164 e. The second-order valence-electron chi connectivity index (χ2n) is 10.6. The highest BCUT2D eigenvalue weighted by molar-refractivity contribution is 6.22. The highest BCUT2D eigenvalue weighted by Crippen LogP contribution is 2.40. The third-order valence-electron chi connectivity index (χ3n) is 8.10. The molecule has 0 unspecified atom stereocenters. The molecule has 0 saturated heterocycles. The molecule has 5 heteroatoms. The summed E-state index contributed by atoms with van der Waals surface area (Å²) in [5, 5.41) is 7.86. The van der Waals surface area contributed by atoms with Crippen LogP contribution in [0.1, 0.15) is 11.3 Å². The fourth-order valence-electron chi connectivity index (χ4n) is 6.16. The fourth-order valence-corrected chi connectivity index (χ4v) is 6.16. The van der Waals surface area contributed by atoms with Gasteiger partial charge in [-0.2, -0.15) is 0 Å². The summed E-state index contributed by atoms with van der Waals surface area (Å²) in [5.41, 5.74) is 10.3. The molecule has 0 amide bonds. The van der Waals surface area contributed by atoms with Gasteiger partial charge in [-0.3, -0.25) is 0 Å². The lowest BCUT2D eigenvalue weighted by Gasteiger charge is -2.14. The molecule has 6 aromatic carbocycles. The second-order valence-corrected chi connectivity index (χ2v) is 10.6. The van der Waals surface area contributed by atoms with Crippen LogP contribution in [0.3, 0.4) is 0 Å². The van der Waals surface area contributed by atoms with Crippen molar-refractivity contribution in [1.29, 1.82) is 0 Å². The van der Waals surface area contributed by atoms with E-state index in [0.717, 1.165) is 60.5 Å². The van der Waals surface area contributed by atoms with E-state index in [-0.39, 0.29) is 0 Å². The molecule has 2 heterocycles. The molecule has 8 rings (SSSR count). The Morgan fingerprint density at radius 1 is 0.581 bits per heavy atom. The van der Waals surface area contributed by atoms with E-state index in [1.165, 1.54) is 17.0 Å². The van der Waals surface area contributed by atoms with E-state index in [0.29, 0.717) is 17.5 Å². The summed E-state index contributed by atoms with van der Waals surface area (Å²) in [6.07, 6.45) is 3.41. The summed E-state index contributed by atoms with van der Waals surface area (Å²) in [6, 6.07) is 39.6. The molecule has 0 radical (unpaired) electrons. The van der Waals surface area contributed by atoms with Crippen molar-refractivity contribution in [3.8, 4) is 34.2 Å². The summed E-state index contributed by atoms with van der Waals surface area (Å²) < 4.78 is 6.12. The van der Waals surface area contributed by atoms with E-state index >= 15 is 0 Å². The summed E-state index contributed by atoms with van der Waals surface area (Å²) in [7, 11) is 0. The van der Waals surface area contributed by atoms with Gasteiger partial charge in [0.05, 0.1) is 0 Å². The fraction of sp³-hybridized carbons (Fsp3) is 0.0263. The third-order valence-corrected chi connectivity index (χ3v) is 8.10. The number of aromatic nitrogens is 3. The highest BCUT2D eigenvalue weighted by Gasteiger charge is 2.20. The molecular formula is C38H26N4O. The van der Waals surface area contributed by atoms with Crippen molar-refractivity contribution in [1.82, 2.24) is 15.0 Å². The lowest BCUT2D eigenvalue weighted by Crippen LogP contribution is -2.01. The first kappa shape index (κ1) is 24.9. The zero-order valence-electron chi connectivity index (χ0n) is 23.5. The normalized spacial score (nSPS) is 11.8. The molecular weight excluding hydrogens is 528 g/mol. The Labute approximate surface area is 248 Å². The minimum Gasteiger partial charge on any atom is -0.461 e. The van der Waals surface area contributed by atoms with Gasteiger partial charge in [0.15, 0.2) is 17.5 Å². The van der Waals surface area contributed by atoms with Crippen LogP contribution in [-0.2, 0) is 0 Å². The van der Waals surface area contributed by atoms with Crippen LogP contribution < -0.4 is 5.73 Å². The van der Waals surface area contributed by atoms with Crippen molar-refractivity contribution in [2.24, 2.45) is 5.73 Å². The Hall–Kier alpha value is -5.81. The molecule has 0 aliphatic rings. The van der Waals surface area contributed by atoms with Gasteiger partial charge in [0, 0.05) is 33.0 Å². The lowest BCUT2D eigenvalue weighted by molar-refractivity contribution is 0.577. The standard InChI is InChI=1S/C38H26N4O/c1-23-27(20-21-39)35-31(16-9-17-33(35)43-23)37-40-36(25-11-3-2-4-12-25)41-38(42-37)32-22-26-13-6-7-14-28(26)30-19-18-24-10-5-8-15-29(24)34(30)32/h2-22H,39H2,1H3/b21-20-. The predicted octanol–water partition coefficient (Wildman–Crippen LogP) is 9.32. The van der Waals surface area contributed by atoms with E-state index < -0.39 is 0 Å². The average molecular weight is 555 g/mol. The lowest BCUT2D eigenvalue weighted by atomic mass is 9.92. The van der Waals surface area contributed by atoms with Crippen molar-refractivity contribution in [3.05, 3.63) is 133 Å². The van der Waals surface area contributed by atoms with Crippen LogP contribution in [0.25, 0.3) is 83.5 Å². The number of nitrogens with two attached hydrogens (primary N) is 1. The van der Waals surface area contributed by atoms with Gasteiger partial charge in [-0.05, 0) is 58.3 Å². The Kier molecular flexibility index (Phi) is 5.76. The molecule has 8 aromatic rings. The molecule has 2 aromatic heterocycles. The first-order valence-corrected chi connectivity index (χ1v) is 14.3. The van der Waals surface area contributed by atoms with Crippen molar-refractivity contribution >= 4 is 49.4 Å². The molecule has 204 valence electrons. The molecule has 0 atom stereocenters. The highest BCUT2D eigenvalue weighted by atomic mass is 16.3. The topological polar surface area (TPSA) is 77.8 Å². The van der Waals surface area contributed by atoms with Crippen LogP contribution in [0.2, 0.25) is 0 Å². The number of nitrogens with zero attached hydrogens (tertiary/aromatic N) is 3. The first-order valence-electron chi connectivity index (χ1n) is 14.3. The quantitative estimate of drug-likeness (QED) is 0.219. The zero-order chi connectivity index (χ0) is 28.9. The SMILES string of the molecule is Cc1oc2cccc(-c3nc(-c4ccccc4)nc(-c4cc5ccccc5c5ccc6ccccc6c45)n3)c2c1/C=C\N. The van der Waals surface area contributed by atoms with Crippen LogP contribution in [0, 0.1) is 6.92 Å². The van der Waals surface area contributed by atoms with Crippen LogP contribution in [-0.4, -0.2) is 15.0 Å². The number of hydrogen-bond donors (Lipinski definition) is 1. The third kappa shape index (κ3) is 4.05. The number of aryl methyl sites for hydroxylation is 1. The van der Waals surface area contributed by atoms with Gasteiger partial charge in [0.2, 0.25) is 0 Å². The number of rotatable bonds is 4. The molecule has 2 N–H and O–H groups in total. The van der Waals surface area contributed by atoms with Gasteiger partial charge in [0.25, 0.3) is 0 Å². The average Bonchev–Trinajstić information content (AvgIpc) is 3.39. The van der Waals surface area contributed by atoms with Gasteiger partial charge in [-0.25, -0.2) is 15.0 Å². The van der Waals surface area contributed by atoms with Crippen LogP contribution in [0.15, 0.2) is 126 Å². The van der Waals surface area contributed by atoms with E-state index in [9.17, 15) is 0 Å². The molecule has 0 spiro atoms. The number of furan rings is 1. The van der Waals surface area contributed by atoms with Crippen LogP contribution in [0.4, 0.5) is 0 Å².